The van der Waals surface area contributed by atoms with E-state index in [1.54, 1.807) is 37.5 Å². The number of thioether (sulfide) groups is 1. The topological polar surface area (TPSA) is 96.0 Å². The zero-order valence-corrected chi connectivity index (χ0v) is 13.6. The van der Waals surface area contributed by atoms with Crippen LogP contribution >= 0.6 is 11.8 Å². The van der Waals surface area contributed by atoms with E-state index < -0.39 is 0 Å². The first-order valence-electron chi connectivity index (χ1n) is 6.92. The van der Waals surface area contributed by atoms with Crippen molar-refractivity contribution in [2.75, 3.05) is 10.7 Å². The van der Waals surface area contributed by atoms with E-state index in [9.17, 15) is 9.59 Å². The van der Waals surface area contributed by atoms with E-state index in [1.807, 2.05) is 12.1 Å². The van der Waals surface area contributed by atoms with Crippen molar-refractivity contribution in [3.63, 3.8) is 0 Å². The summed E-state index contributed by atoms with van der Waals surface area (Å²) in [6, 6.07) is 8.99. The van der Waals surface area contributed by atoms with Gasteiger partial charge in [-0.2, -0.15) is 0 Å². The van der Waals surface area contributed by atoms with E-state index in [4.69, 9.17) is 0 Å². The summed E-state index contributed by atoms with van der Waals surface area (Å²) < 4.78 is 0. The fraction of sp³-hybridized carbons (Fsp3) is 0.200. The third-order valence-electron chi connectivity index (χ3n) is 2.72. The number of benzene rings is 1. The molecule has 2 amide bonds. The van der Waals surface area contributed by atoms with Gasteiger partial charge in [-0.3, -0.25) is 20.4 Å². The van der Waals surface area contributed by atoms with Crippen LogP contribution in [0, 0.1) is 0 Å². The minimum atomic E-state index is -0.308. The van der Waals surface area contributed by atoms with E-state index in [0.29, 0.717) is 5.95 Å². The summed E-state index contributed by atoms with van der Waals surface area (Å²) in [4.78, 5) is 31.8. The van der Waals surface area contributed by atoms with Crippen molar-refractivity contribution in [1.82, 2.24) is 15.4 Å². The Hall–Kier alpha value is -2.61. The Morgan fingerprint density at radius 1 is 1.13 bits per heavy atom. The van der Waals surface area contributed by atoms with Gasteiger partial charge in [-0.15, -0.1) is 11.8 Å². The van der Waals surface area contributed by atoms with Crippen molar-refractivity contribution in [3.8, 4) is 0 Å². The number of aromatic nitrogens is 2. The lowest BCUT2D eigenvalue weighted by molar-refractivity contribution is -0.119. The molecule has 0 aliphatic rings. The average molecular weight is 331 g/mol. The van der Waals surface area contributed by atoms with E-state index in [0.717, 1.165) is 10.6 Å². The summed E-state index contributed by atoms with van der Waals surface area (Å²) in [5.41, 5.74) is 5.95. The van der Waals surface area contributed by atoms with Crippen LogP contribution in [0.4, 0.5) is 11.6 Å². The molecule has 0 bridgehead atoms. The van der Waals surface area contributed by atoms with E-state index >= 15 is 0 Å². The Morgan fingerprint density at radius 2 is 1.78 bits per heavy atom. The summed E-state index contributed by atoms with van der Waals surface area (Å²) in [7, 11) is 0. The molecule has 1 unspecified atom stereocenters. The van der Waals surface area contributed by atoms with Crippen molar-refractivity contribution in [2.24, 2.45) is 0 Å². The van der Waals surface area contributed by atoms with Gasteiger partial charge in [0.2, 0.25) is 11.9 Å². The van der Waals surface area contributed by atoms with Gasteiger partial charge in [-0.05, 0) is 37.3 Å². The molecule has 1 atom stereocenters. The van der Waals surface area contributed by atoms with Crippen LogP contribution < -0.4 is 16.2 Å². The molecule has 7 nitrogen and oxygen atoms in total. The number of carbonyl (C=O) groups excluding carboxylic acids is 2. The molecule has 0 spiro atoms. The zero-order chi connectivity index (χ0) is 16.7. The van der Waals surface area contributed by atoms with Crippen molar-refractivity contribution < 1.29 is 9.59 Å². The van der Waals surface area contributed by atoms with Gasteiger partial charge in [0.15, 0.2) is 0 Å². The second kappa shape index (κ2) is 8.14. The maximum absolute atomic E-state index is 12.0. The number of carbonyl (C=O) groups is 2. The Bertz CT molecular complexity index is 663. The summed E-state index contributed by atoms with van der Waals surface area (Å²) in [6.45, 7) is 3.26. The molecule has 0 aliphatic heterocycles. The highest BCUT2D eigenvalue weighted by atomic mass is 32.2. The molecule has 0 saturated carbocycles. The number of hydrogen-bond donors (Lipinski definition) is 3. The lowest BCUT2D eigenvalue weighted by Gasteiger charge is -2.12. The molecular weight excluding hydrogens is 314 g/mol. The third kappa shape index (κ3) is 5.59. The summed E-state index contributed by atoms with van der Waals surface area (Å²) in [6.07, 6.45) is 3.16. The largest absolute Gasteiger partial charge is 0.326 e. The molecule has 2 aromatic rings. The second-order valence-electron chi connectivity index (χ2n) is 4.65. The van der Waals surface area contributed by atoms with Crippen LogP contribution in [0.25, 0.3) is 0 Å². The monoisotopic (exact) mass is 331 g/mol. The molecule has 8 heteroatoms. The zero-order valence-electron chi connectivity index (χ0n) is 12.7. The summed E-state index contributed by atoms with van der Waals surface area (Å²) in [5.74, 6) is 0.0263. The first kappa shape index (κ1) is 16.8. The van der Waals surface area contributed by atoms with Crippen LogP contribution in [0.3, 0.4) is 0 Å². The molecule has 1 heterocycles. The number of anilines is 2. The molecule has 0 fully saturated rings. The Balaban J connectivity index is 1.84. The number of nitrogens with one attached hydrogen (secondary N) is 3. The molecule has 23 heavy (non-hydrogen) atoms. The maximum Gasteiger partial charge on any atom is 0.251 e. The average Bonchev–Trinajstić information content (AvgIpc) is 2.55. The SMILES string of the molecule is CC(=O)Nc1ccc(SC(C)C(=O)NNc2ncccn2)cc1. The molecule has 120 valence electrons. The third-order valence-corrected chi connectivity index (χ3v) is 3.83. The van der Waals surface area contributed by atoms with E-state index in [2.05, 4.69) is 26.1 Å². The Labute approximate surface area is 138 Å². The van der Waals surface area contributed by atoms with Crippen LogP contribution in [0.15, 0.2) is 47.6 Å². The van der Waals surface area contributed by atoms with Gasteiger partial charge in [0, 0.05) is 29.9 Å². The van der Waals surface area contributed by atoms with E-state index in [1.165, 1.54) is 18.7 Å². The maximum atomic E-state index is 12.0. The fourth-order valence-electron chi connectivity index (χ4n) is 1.66. The number of hydrogen-bond acceptors (Lipinski definition) is 6. The standard InChI is InChI=1S/C15H17N5O2S/c1-10(14(22)19-20-15-16-8-3-9-17-15)23-13-6-4-12(5-7-13)18-11(2)21/h3-10H,1-2H3,(H,18,21)(H,19,22)(H,16,17,20). The molecule has 1 aromatic heterocycles. The number of amides is 2. The normalized spacial score (nSPS) is 11.4. The molecule has 3 N–H and O–H groups in total. The highest BCUT2D eigenvalue weighted by Crippen LogP contribution is 2.24. The minimum Gasteiger partial charge on any atom is -0.326 e. The van der Waals surface area contributed by atoms with Gasteiger partial charge in [-0.1, -0.05) is 0 Å². The molecule has 0 aliphatic carbocycles. The molecule has 0 radical (unpaired) electrons. The Kier molecular flexibility index (Phi) is 5.93. The molecule has 2 rings (SSSR count). The van der Waals surface area contributed by atoms with Gasteiger partial charge >= 0.3 is 0 Å². The predicted molar refractivity (Wildman–Crippen MR) is 89.9 cm³/mol. The lowest BCUT2D eigenvalue weighted by atomic mass is 10.3. The van der Waals surface area contributed by atoms with Crippen molar-refractivity contribution in [1.29, 1.82) is 0 Å². The number of rotatable bonds is 6. The highest BCUT2D eigenvalue weighted by Gasteiger charge is 2.14. The second-order valence-corrected chi connectivity index (χ2v) is 6.07. The summed E-state index contributed by atoms with van der Waals surface area (Å²) in [5, 5.41) is 2.39. The quantitative estimate of drug-likeness (QED) is 0.554. The van der Waals surface area contributed by atoms with Crippen molar-refractivity contribution >= 4 is 35.2 Å². The number of nitrogens with zero attached hydrogens (tertiary/aromatic N) is 2. The molecule has 0 saturated heterocycles. The number of hydrazine groups is 1. The van der Waals surface area contributed by atoms with E-state index in [-0.39, 0.29) is 17.1 Å². The molecule has 1 aromatic carbocycles. The Morgan fingerprint density at radius 3 is 2.39 bits per heavy atom. The van der Waals surface area contributed by atoms with Crippen LogP contribution in [0.5, 0.6) is 0 Å². The van der Waals surface area contributed by atoms with Gasteiger partial charge in [-0.25, -0.2) is 9.97 Å². The molecular formula is C15H17N5O2S. The lowest BCUT2D eigenvalue weighted by Crippen LogP contribution is -2.35. The summed E-state index contributed by atoms with van der Waals surface area (Å²) >= 11 is 1.41. The highest BCUT2D eigenvalue weighted by molar-refractivity contribution is 8.00. The first-order chi connectivity index (χ1) is 11.0. The fourth-order valence-corrected chi connectivity index (χ4v) is 2.53. The van der Waals surface area contributed by atoms with Crippen LogP contribution in [0.2, 0.25) is 0 Å². The van der Waals surface area contributed by atoms with Gasteiger partial charge < -0.3 is 5.32 Å². The first-order valence-corrected chi connectivity index (χ1v) is 7.80. The van der Waals surface area contributed by atoms with Crippen LogP contribution in [-0.2, 0) is 9.59 Å². The van der Waals surface area contributed by atoms with Crippen LogP contribution in [0.1, 0.15) is 13.8 Å². The van der Waals surface area contributed by atoms with Gasteiger partial charge in [0.1, 0.15) is 0 Å². The smallest absolute Gasteiger partial charge is 0.251 e. The van der Waals surface area contributed by atoms with Crippen molar-refractivity contribution in [3.05, 3.63) is 42.7 Å². The van der Waals surface area contributed by atoms with Crippen LogP contribution in [-0.4, -0.2) is 27.0 Å². The minimum absolute atomic E-state index is 0.118. The van der Waals surface area contributed by atoms with Crippen molar-refractivity contribution in [2.45, 2.75) is 24.0 Å². The predicted octanol–water partition coefficient (Wildman–Crippen LogP) is 2.06. The van der Waals surface area contributed by atoms with Gasteiger partial charge in [0.25, 0.3) is 5.91 Å². The van der Waals surface area contributed by atoms with Gasteiger partial charge in [0.05, 0.1) is 5.25 Å².